The third-order valence-corrected chi connectivity index (χ3v) is 5.45. The molecule has 31 heavy (non-hydrogen) atoms. The standard InChI is InChI=1S/C23H18Cl2N2O4/c24-17-10-16(11-18(25)12-17)22(29)31-20-7-6-19(13-20)26-9-8-21(28)27(23(26)30)14-15-4-2-1-3-5-15/h1-12,19-20H,13-14H2. The Morgan fingerprint density at radius 2 is 1.71 bits per heavy atom. The fraction of sp³-hybridized carbons (Fsp3) is 0.174. The van der Waals surface area contributed by atoms with Crippen molar-refractivity contribution < 1.29 is 9.53 Å². The van der Waals surface area contributed by atoms with Crippen molar-refractivity contribution in [2.24, 2.45) is 0 Å². The van der Waals surface area contributed by atoms with Crippen molar-refractivity contribution in [2.45, 2.75) is 25.1 Å². The first kappa shape index (κ1) is 21.2. The first-order valence-corrected chi connectivity index (χ1v) is 10.4. The van der Waals surface area contributed by atoms with Gasteiger partial charge in [-0.25, -0.2) is 9.59 Å². The van der Waals surface area contributed by atoms with E-state index in [1.807, 2.05) is 30.3 Å². The van der Waals surface area contributed by atoms with Crippen LogP contribution in [0.4, 0.5) is 0 Å². The Balaban J connectivity index is 1.50. The van der Waals surface area contributed by atoms with E-state index in [0.29, 0.717) is 16.5 Å². The van der Waals surface area contributed by atoms with Crippen molar-refractivity contribution in [1.82, 2.24) is 9.13 Å². The first-order valence-electron chi connectivity index (χ1n) is 9.62. The monoisotopic (exact) mass is 456 g/mol. The molecule has 158 valence electrons. The maximum atomic E-state index is 13.0. The molecule has 3 aromatic rings. The molecule has 0 radical (unpaired) electrons. The van der Waals surface area contributed by atoms with Gasteiger partial charge in [-0.15, -0.1) is 0 Å². The highest BCUT2D eigenvalue weighted by Gasteiger charge is 2.25. The van der Waals surface area contributed by atoms with Crippen LogP contribution in [0.25, 0.3) is 0 Å². The second kappa shape index (κ2) is 8.96. The van der Waals surface area contributed by atoms with E-state index >= 15 is 0 Å². The predicted molar refractivity (Wildman–Crippen MR) is 119 cm³/mol. The van der Waals surface area contributed by atoms with Gasteiger partial charge in [0.2, 0.25) is 0 Å². The lowest BCUT2D eigenvalue weighted by Crippen LogP contribution is -2.40. The first-order chi connectivity index (χ1) is 14.9. The molecule has 2 unspecified atom stereocenters. The van der Waals surface area contributed by atoms with E-state index in [4.69, 9.17) is 27.9 Å². The lowest BCUT2D eigenvalue weighted by atomic mass is 10.2. The number of allylic oxidation sites excluding steroid dienone is 1. The van der Waals surface area contributed by atoms with Crippen molar-refractivity contribution in [3.8, 4) is 0 Å². The number of carbonyl (C=O) groups is 1. The third-order valence-electron chi connectivity index (χ3n) is 5.01. The minimum absolute atomic E-state index is 0.184. The number of hydrogen-bond donors (Lipinski definition) is 0. The van der Waals surface area contributed by atoms with Crippen LogP contribution in [0, 0.1) is 0 Å². The smallest absolute Gasteiger partial charge is 0.338 e. The summed E-state index contributed by atoms with van der Waals surface area (Å²) in [6.45, 7) is 0.184. The lowest BCUT2D eigenvalue weighted by Gasteiger charge is -2.17. The largest absolute Gasteiger partial charge is 0.454 e. The number of benzene rings is 2. The molecule has 0 spiro atoms. The molecule has 0 aliphatic heterocycles. The van der Waals surface area contributed by atoms with Gasteiger partial charge in [0, 0.05) is 28.7 Å². The van der Waals surface area contributed by atoms with Gasteiger partial charge in [0.05, 0.1) is 18.2 Å². The normalized spacial score (nSPS) is 17.6. The van der Waals surface area contributed by atoms with Gasteiger partial charge in [-0.3, -0.25) is 13.9 Å². The highest BCUT2D eigenvalue weighted by molar-refractivity contribution is 6.35. The van der Waals surface area contributed by atoms with Gasteiger partial charge in [0.15, 0.2) is 0 Å². The Labute approximate surface area is 187 Å². The van der Waals surface area contributed by atoms with E-state index in [2.05, 4.69) is 0 Å². The maximum Gasteiger partial charge on any atom is 0.338 e. The van der Waals surface area contributed by atoms with Crippen molar-refractivity contribution in [3.05, 3.63) is 115 Å². The molecule has 8 heteroatoms. The molecule has 1 aromatic heterocycles. The van der Waals surface area contributed by atoms with Gasteiger partial charge in [0.1, 0.15) is 6.10 Å². The van der Waals surface area contributed by atoms with Gasteiger partial charge in [-0.2, -0.15) is 0 Å². The van der Waals surface area contributed by atoms with E-state index < -0.39 is 17.8 Å². The lowest BCUT2D eigenvalue weighted by molar-refractivity contribution is 0.0382. The Kier molecular flexibility index (Phi) is 6.11. The Bertz CT molecular complexity index is 1240. The molecular weight excluding hydrogens is 439 g/mol. The van der Waals surface area contributed by atoms with Crippen molar-refractivity contribution in [1.29, 1.82) is 0 Å². The van der Waals surface area contributed by atoms with Gasteiger partial charge in [-0.05, 0) is 29.8 Å². The van der Waals surface area contributed by atoms with Crippen LogP contribution in [0.15, 0.2) is 82.5 Å². The van der Waals surface area contributed by atoms with Crippen molar-refractivity contribution in [2.75, 3.05) is 0 Å². The second-order valence-corrected chi connectivity index (χ2v) is 8.08. The fourth-order valence-corrected chi connectivity index (χ4v) is 4.04. The molecule has 2 atom stereocenters. The van der Waals surface area contributed by atoms with Gasteiger partial charge in [-0.1, -0.05) is 59.6 Å². The zero-order valence-corrected chi connectivity index (χ0v) is 17.8. The van der Waals surface area contributed by atoms with Crippen LogP contribution in [-0.2, 0) is 11.3 Å². The van der Waals surface area contributed by atoms with E-state index in [-0.39, 0.29) is 23.7 Å². The van der Waals surface area contributed by atoms with Gasteiger partial charge >= 0.3 is 11.7 Å². The molecule has 6 nitrogen and oxygen atoms in total. The molecule has 0 saturated heterocycles. The predicted octanol–water partition coefficient (Wildman–Crippen LogP) is 4.09. The molecule has 0 bridgehead atoms. The van der Waals surface area contributed by atoms with Gasteiger partial charge < -0.3 is 4.74 Å². The van der Waals surface area contributed by atoms with Crippen LogP contribution in [0.2, 0.25) is 10.0 Å². The molecule has 1 heterocycles. The zero-order valence-electron chi connectivity index (χ0n) is 16.3. The summed E-state index contributed by atoms with van der Waals surface area (Å²) >= 11 is 11.9. The van der Waals surface area contributed by atoms with Crippen molar-refractivity contribution >= 4 is 29.2 Å². The summed E-state index contributed by atoms with van der Waals surface area (Å²) in [5, 5.41) is 0.679. The number of carbonyl (C=O) groups excluding carboxylic acids is 1. The third kappa shape index (κ3) is 4.81. The number of nitrogens with zero attached hydrogens (tertiary/aromatic N) is 2. The van der Waals surface area contributed by atoms with Gasteiger partial charge in [0.25, 0.3) is 5.56 Å². The number of halogens is 2. The minimum Gasteiger partial charge on any atom is -0.454 e. The van der Waals surface area contributed by atoms with Crippen molar-refractivity contribution in [3.63, 3.8) is 0 Å². The molecule has 0 fully saturated rings. The SMILES string of the molecule is O=C(OC1C=CC(n2ccc(=O)n(Cc3ccccc3)c2=O)C1)c1cc(Cl)cc(Cl)c1. The summed E-state index contributed by atoms with van der Waals surface area (Å²) in [5.41, 5.74) is 0.323. The Morgan fingerprint density at radius 1 is 1.00 bits per heavy atom. The summed E-state index contributed by atoms with van der Waals surface area (Å²) in [6, 6.07) is 14.8. The zero-order chi connectivity index (χ0) is 22.0. The van der Waals surface area contributed by atoms with Crippen LogP contribution in [-0.4, -0.2) is 21.2 Å². The quantitative estimate of drug-likeness (QED) is 0.428. The number of rotatable bonds is 5. The maximum absolute atomic E-state index is 13.0. The van der Waals surface area contributed by atoms with Crippen LogP contribution in [0.1, 0.15) is 28.4 Å². The number of hydrogen-bond acceptors (Lipinski definition) is 4. The average Bonchev–Trinajstić information content (AvgIpc) is 3.19. The number of ether oxygens (including phenoxy) is 1. The number of aromatic nitrogens is 2. The summed E-state index contributed by atoms with van der Waals surface area (Å²) < 4.78 is 8.19. The van der Waals surface area contributed by atoms with E-state index in [1.165, 1.54) is 39.6 Å². The molecule has 4 rings (SSSR count). The molecule has 1 aliphatic carbocycles. The second-order valence-electron chi connectivity index (χ2n) is 7.21. The summed E-state index contributed by atoms with van der Waals surface area (Å²) in [7, 11) is 0. The van der Waals surface area contributed by atoms with Crippen LogP contribution in [0.3, 0.4) is 0 Å². The minimum atomic E-state index is -0.555. The number of esters is 1. The molecule has 2 aromatic carbocycles. The highest BCUT2D eigenvalue weighted by Crippen LogP contribution is 2.26. The molecule has 0 N–H and O–H groups in total. The molecule has 0 saturated carbocycles. The molecular formula is C23H18Cl2N2O4. The van der Waals surface area contributed by atoms with E-state index in [1.54, 1.807) is 12.2 Å². The highest BCUT2D eigenvalue weighted by atomic mass is 35.5. The molecule has 1 aliphatic rings. The fourth-order valence-electron chi connectivity index (χ4n) is 3.51. The summed E-state index contributed by atoms with van der Waals surface area (Å²) in [6.07, 6.45) is 4.86. The van der Waals surface area contributed by atoms with E-state index in [0.717, 1.165) is 5.56 Å². The van der Waals surface area contributed by atoms with E-state index in [9.17, 15) is 14.4 Å². The summed E-state index contributed by atoms with van der Waals surface area (Å²) in [4.78, 5) is 37.7. The Morgan fingerprint density at radius 3 is 2.42 bits per heavy atom. The molecule has 0 amide bonds. The van der Waals surface area contributed by atoms with Crippen LogP contribution in [0.5, 0.6) is 0 Å². The van der Waals surface area contributed by atoms with Crippen LogP contribution >= 0.6 is 23.2 Å². The average molecular weight is 457 g/mol. The summed E-state index contributed by atoms with van der Waals surface area (Å²) in [5.74, 6) is -0.555. The topological polar surface area (TPSA) is 70.3 Å². The Hall–Kier alpha value is -3.09. The van der Waals surface area contributed by atoms with Crippen LogP contribution < -0.4 is 11.2 Å².